The molecule has 0 aliphatic heterocycles. The van der Waals surface area contributed by atoms with Crippen molar-refractivity contribution in [1.82, 2.24) is 0 Å². The molecule has 2 rings (SSSR count). The first-order valence-corrected chi connectivity index (χ1v) is 5.29. The first-order chi connectivity index (χ1) is 8.56. The Balaban J connectivity index is 2.16. The van der Waals surface area contributed by atoms with Crippen LogP contribution in [0, 0.1) is 24.4 Å². The minimum atomic E-state index is -0.628. The van der Waals surface area contributed by atoms with E-state index in [1.54, 1.807) is 19.1 Å². The third-order valence-corrected chi connectivity index (χ3v) is 2.38. The molecule has 2 aromatic rings. The van der Waals surface area contributed by atoms with E-state index in [2.05, 4.69) is 10.9 Å². The maximum Gasteiger partial charge on any atom is 0.148 e. The van der Waals surface area contributed by atoms with Crippen LogP contribution in [0.3, 0.4) is 0 Å². The molecule has 2 nitrogen and oxygen atoms in total. The van der Waals surface area contributed by atoms with Crippen molar-refractivity contribution in [2.75, 3.05) is 10.9 Å². The molecule has 0 saturated heterocycles. The molecule has 0 atom stereocenters. The normalized spacial score (nSPS) is 10.2. The summed E-state index contributed by atoms with van der Waals surface area (Å²) in [6.45, 7) is 1.80. The van der Waals surface area contributed by atoms with Gasteiger partial charge in [-0.1, -0.05) is 6.07 Å². The third kappa shape index (κ3) is 2.74. The van der Waals surface area contributed by atoms with E-state index in [0.717, 1.165) is 23.8 Å². The van der Waals surface area contributed by atoms with Crippen molar-refractivity contribution in [2.24, 2.45) is 0 Å². The molecule has 0 heterocycles. The Hall–Kier alpha value is -2.17. The van der Waals surface area contributed by atoms with Crippen LogP contribution in [-0.2, 0) is 0 Å². The Morgan fingerprint density at radius 2 is 1.33 bits per heavy atom. The van der Waals surface area contributed by atoms with Crippen LogP contribution >= 0.6 is 0 Å². The summed E-state index contributed by atoms with van der Waals surface area (Å²) in [5.74, 6) is -1.69. The summed E-state index contributed by atoms with van der Waals surface area (Å²) < 4.78 is 39.6. The second-order valence-corrected chi connectivity index (χ2v) is 3.86. The van der Waals surface area contributed by atoms with Crippen LogP contribution in [0.4, 0.5) is 24.5 Å². The van der Waals surface area contributed by atoms with Gasteiger partial charge in [0.05, 0.1) is 11.4 Å². The molecule has 2 N–H and O–H groups in total. The number of hydrogen-bond donors (Lipinski definition) is 2. The highest BCUT2D eigenvalue weighted by atomic mass is 19.1. The molecule has 0 aliphatic carbocycles. The van der Waals surface area contributed by atoms with E-state index in [0.29, 0.717) is 0 Å². The zero-order valence-corrected chi connectivity index (χ0v) is 9.60. The fraction of sp³-hybridized carbons (Fsp3) is 0.0769. The fourth-order valence-corrected chi connectivity index (χ4v) is 1.46. The van der Waals surface area contributed by atoms with Gasteiger partial charge in [-0.3, -0.25) is 10.9 Å². The molecule has 0 bridgehead atoms. The lowest BCUT2D eigenvalue weighted by atomic mass is 10.2. The minimum absolute atomic E-state index is 0.0871. The second-order valence-electron chi connectivity index (χ2n) is 3.86. The van der Waals surface area contributed by atoms with Gasteiger partial charge < -0.3 is 0 Å². The van der Waals surface area contributed by atoms with Crippen molar-refractivity contribution in [1.29, 1.82) is 0 Å². The van der Waals surface area contributed by atoms with Gasteiger partial charge in [-0.05, 0) is 36.8 Å². The van der Waals surface area contributed by atoms with Gasteiger partial charge in [0.2, 0.25) is 0 Å². The predicted molar refractivity (Wildman–Crippen MR) is 64.7 cm³/mol. The van der Waals surface area contributed by atoms with Gasteiger partial charge in [0.15, 0.2) is 0 Å². The van der Waals surface area contributed by atoms with Crippen LogP contribution in [0.5, 0.6) is 0 Å². The lowest BCUT2D eigenvalue weighted by Gasteiger charge is -2.11. The summed E-state index contributed by atoms with van der Waals surface area (Å²) in [5.41, 5.74) is 5.87. The molecule has 0 amide bonds. The molecule has 0 saturated carbocycles. The van der Waals surface area contributed by atoms with E-state index in [4.69, 9.17) is 0 Å². The van der Waals surface area contributed by atoms with Gasteiger partial charge in [0, 0.05) is 6.07 Å². The van der Waals surface area contributed by atoms with Crippen molar-refractivity contribution in [2.45, 2.75) is 6.92 Å². The zero-order valence-electron chi connectivity index (χ0n) is 9.60. The lowest BCUT2D eigenvalue weighted by molar-refractivity contribution is 0.603. The smallest absolute Gasteiger partial charge is 0.148 e. The lowest BCUT2D eigenvalue weighted by Crippen LogP contribution is -2.11. The molecule has 2 aromatic carbocycles. The second kappa shape index (κ2) is 5.00. The predicted octanol–water partition coefficient (Wildman–Crippen LogP) is 3.85. The summed E-state index contributed by atoms with van der Waals surface area (Å²) in [6, 6.07) is 7.44. The zero-order chi connectivity index (χ0) is 13.1. The van der Waals surface area contributed by atoms with Crippen LogP contribution in [0.1, 0.15) is 5.56 Å². The molecule has 0 fully saturated rings. The number of rotatable bonds is 3. The van der Waals surface area contributed by atoms with Crippen LogP contribution in [0.15, 0.2) is 36.4 Å². The maximum atomic E-state index is 13.4. The Morgan fingerprint density at radius 1 is 0.778 bits per heavy atom. The highest BCUT2D eigenvalue weighted by Crippen LogP contribution is 2.18. The highest BCUT2D eigenvalue weighted by molar-refractivity contribution is 5.54. The van der Waals surface area contributed by atoms with E-state index >= 15 is 0 Å². The quantitative estimate of drug-likeness (QED) is 0.811. The number of hydrogen-bond acceptors (Lipinski definition) is 2. The number of aryl methyl sites for hydroxylation is 1. The molecular formula is C13H11F3N2. The van der Waals surface area contributed by atoms with E-state index in [9.17, 15) is 13.2 Å². The van der Waals surface area contributed by atoms with Crippen LogP contribution in [-0.4, -0.2) is 0 Å². The molecule has 18 heavy (non-hydrogen) atoms. The summed E-state index contributed by atoms with van der Waals surface area (Å²) >= 11 is 0. The van der Waals surface area contributed by atoms with E-state index in [-0.39, 0.29) is 11.4 Å². The third-order valence-electron chi connectivity index (χ3n) is 2.38. The number of benzene rings is 2. The fourth-order valence-electron chi connectivity index (χ4n) is 1.46. The van der Waals surface area contributed by atoms with Gasteiger partial charge in [-0.2, -0.15) is 0 Å². The molecule has 5 heteroatoms. The van der Waals surface area contributed by atoms with Crippen molar-refractivity contribution in [3.8, 4) is 0 Å². The average Bonchev–Trinajstić information content (AvgIpc) is 2.34. The molecule has 94 valence electrons. The average molecular weight is 252 g/mol. The van der Waals surface area contributed by atoms with E-state index < -0.39 is 17.5 Å². The number of halogens is 3. The minimum Gasteiger partial charge on any atom is -0.298 e. The molecule has 0 aromatic heterocycles. The molecule has 0 aliphatic rings. The standard InChI is InChI=1S/C13H11F3N2/c1-8-2-4-10(15)12(6-8)17-18-13-7-9(14)3-5-11(13)16/h2-7,17-18H,1H3. The van der Waals surface area contributed by atoms with Gasteiger partial charge in [0.25, 0.3) is 0 Å². The molecule has 0 spiro atoms. The first-order valence-electron chi connectivity index (χ1n) is 5.29. The summed E-state index contributed by atoms with van der Waals surface area (Å²) in [7, 11) is 0. The van der Waals surface area contributed by atoms with Gasteiger partial charge in [-0.15, -0.1) is 0 Å². The SMILES string of the molecule is Cc1ccc(F)c(NNc2cc(F)ccc2F)c1. The summed E-state index contributed by atoms with van der Waals surface area (Å²) in [6.07, 6.45) is 0. The van der Waals surface area contributed by atoms with Crippen molar-refractivity contribution >= 4 is 11.4 Å². The Bertz CT molecular complexity index is 519. The molecule has 0 radical (unpaired) electrons. The number of nitrogens with one attached hydrogen (secondary N) is 2. The monoisotopic (exact) mass is 252 g/mol. The van der Waals surface area contributed by atoms with E-state index in [1.807, 2.05) is 0 Å². The maximum absolute atomic E-state index is 13.4. The Labute approximate surface area is 102 Å². The van der Waals surface area contributed by atoms with Gasteiger partial charge >= 0.3 is 0 Å². The molecular weight excluding hydrogens is 241 g/mol. The first kappa shape index (κ1) is 12.3. The number of hydrazine groups is 1. The Morgan fingerprint density at radius 3 is 2.00 bits per heavy atom. The van der Waals surface area contributed by atoms with Crippen molar-refractivity contribution in [3.05, 3.63) is 59.4 Å². The number of anilines is 2. The van der Waals surface area contributed by atoms with Gasteiger partial charge in [-0.25, -0.2) is 13.2 Å². The van der Waals surface area contributed by atoms with E-state index in [1.165, 1.54) is 6.07 Å². The van der Waals surface area contributed by atoms with Crippen molar-refractivity contribution in [3.63, 3.8) is 0 Å². The van der Waals surface area contributed by atoms with Gasteiger partial charge in [0.1, 0.15) is 17.5 Å². The van der Waals surface area contributed by atoms with Crippen molar-refractivity contribution < 1.29 is 13.2 Å². The van der Waals surface area contributed by atoms with Crippen LogP contribution in [0.2, 0.25) is 0 Å². The summed E-state index contributed by atoms with van der Waals surface area (Å²) in [5, 5.41) is 0. The topological polar surface area (TPSA) is 24.1 Å². The largest absolute Gasteiger partial charge is 0.298 e. The molecule has 0 unspecified atom stereocenters. The van der Waals surface area contributed by atoms with Crippen LogP contribution in [0.25, 0.3) is 0 Å². The highest BCUT2D eigenvalue weighted by Gasteiger charge is 2.05. The summed E-state index contributed by atoms with van der Waals surface area (Å²) in [4.78, 5) is 0. The van der Waals surface area contributed by atoms with Crippen LogP contribution < -0.4 is 10.9 Å². The Kier molecular flexibility index (Phi) is 3.41.